The lowest BCUT2D eigenvalue weighted by molar-refractivity contribution is -0.137. The lowest BCUT2D eigenvalue weighted by Gasteiger charge is -2.36. The molecule has 1 saturated heterocycles. The van der Waals surface area contributed by atoms with Crippen LogP contribution in [0.2, 0.25) is 0 Å². The zero-order chi connectivity index (χ0) is 20.9. The number of hydrogen-bond donors (Lipinski definition) is 0. The Morgan fingerprint density at radius 3 is 2.52 bits per heavy atom. The van der Waals surface area contributed by atoms with E-state index in [0.717, 1.165) is 6.07 Å². The maximum atomic E-state index is 14.1. The van der Waals surface area contributed by atoms with Crippen molar-refractivity contribution in [2.75, 3.05) is 26.9 Å². The van der Waals surface area contributed by atoms with Crippen LogP contribution in [0.1, 0.15) is 29.5 Å². The van der Waals surface area contributed by atoms with E-state index in [1.54, 1.807) is 13.2 Å². The van der Waals surface area contributed by atoms with Crippen LogP contribution in [0.5, 0.6) is 5.75 Å². The van der Waals surface area contributed by atoms with Crippen molar-refractivity contribution in [3.8, 4) is 17.6 Å². The van der Waals surface area contributed by atoms with Gasteiger partial charge in [0, 0.05) is 44.8 Å². The molecule has 0 radical (unpaired) electrons. The number of hydrogen-bond acceptors (Lipinski definition) is 3. The van der Waals surface area contributed by atoms with Crippen molar-refractivity contribution in [1.29, 1.82) is 0 Å². The minimum atomic E-state index is -4.48. The lowest BCUT2D eigenvalue weighted by atomic mass is 9.86. The Hall–Kier alpha value is -2.56. The molecule has 7 heteroatoms. The third kappa shape index (κ3) is 5.08. The highest BCUT2D eigenvalue weighted by atomic mass is 19.4. The second kappa shape index (κ2) is 8.85. The summed E-state index contributed by atoms with van der Waals surface area (Å²) in [5, 5.41) is 0. The Labute approximate surface area is 166 Å². The van der Waals surface area contributed by atoms with Gasteiger partial charge in [0.2, 0.25) is 0 Å². The van der Waals surface area contributed by atoms with Crippen molar-refractivity contribution in [1.82, 2.24) is 0 Å². The number of halogens is 4. The first-order valence-corrected chi connectivity index (χ1v) is 9.06. The molecule has 0 bridgehead atoms. The first-order valence-electron chi connectivity index (χ1n) is 9.06. The van der Waals surface area contributed by atoms with Crippen molar-refractivity contribution in [2.24, 2.45) is 0 Å². The molecule has 0 saturated carbocycles. The molecule has 154 valence electrons. The highest BCUT2D eigenvalue weighted by Gasteiger charge is 2.35. The van der Waals surface area contributed by atoms with Gasteiger partial charge in [0.1, 0.15) is 18.2 Å². The molecule has 0 aliphatic carbocycles. The van der Waals surface area contributed by atoms with Crippen molar-refractivity contribution in [2.45, 2.75) is 24.6 Å². The van der Waals surface area contributed by atoms with Crippen LogP contribution in [-0.2, 0) is 21.3 Å². The summed E-state index contributed by atoms with van der Waals surface area (Å²) in [7, 11) is 1.57. The smallest absolute Gasteiger partial charge is 0.417 e. The highest BCUT2D eigenvalue weighted by Crippen LogP contribution is 2.37. The highest BCUT2D eigenvalue weighted by molar-refractivity contribution is 5.43. The Morgan fingerprint density at radius 1 is 1.10 bits per heavy atom. The largest absolute Gasteiger partial charge is 0.481 e. The molecule has 3 nitrogen and oxygen atoms in total. The molecule has 2 aromatic rings. The van der Waals surface area contributed by atoms with E-state index < -0.39 is 23.2 Å². The van der Waals surface area contributed by atoms with E-state index in [0.29, 0.717) is 31.6 Å². The number of ether oxygens (including phenoxy) is 3. The van der Waals surface area contributed by atoms with E-state index >= 15 is 0 Å². The van der Waals surface area contributed by atoms with Gasteiger partial charge in [-0.2, -0.15) is 13.2 Å². The van der Waals surface area contributed by atoms with Crippen LogP contribution in [-0.4, -0.2) is 26.9 Å². The van der Waals surface area contributed by atoms with Crippen LogP contribution < -0.4 is 4.74 Å². The predicted octanol–water partition coefficient (Wildman–Crippen LogP) is 4.93. The maximum absolute atomic E-state index is 14.1. The zero-order valence-electron chi connectivity index (χ0n) is 15.8. The molecule has 2 aromatic carbocycles. The molecular weight excluding hydrogens is 388 g/mol. The van der Waals surface area contributed by atoms with E-state index in [-0.39, 0.29) is 17.9 Å². The van der Waals surface area contributed by atoms with Gasteiger partial charge in [-0.3, -0.25) is 0 Å². The number of rotatable bonds is 4. The predicted molar refractivity (Wildman–Crippen MR) is 99.0 cm³/mol. The monoisotopic (exact) mass is 408 g/mol. The van der Waals surface area contributed by atoms with E-state index in [4.69, 9.17) is 14.2 Å². The quantitative estimate of drug-likeness (QED) is 0.531. The maximum Gasteiger partial charge on any atom is 0.417 e. The first kappa shape index (κ1) is 21.2. The van der Waals surface area contributed by atoms with Gasteiger partial charge in [-0.05, 0) is 29.8 Å². The second-order valence-electron chi connectivity index (χ2n) is 6.62. The topological polar surface area (TPSA) is 27.7 Å². The molecule has 0 amide bonds. The first-order chi connectivity index (χ1) is 13.8. The molecule has 0 aromatic heterocycles. The molecule has 0 N–H and O–H groups in total. The molecule has 29 heavy (non-hydrogen) atoms. The normalized spacial score (nSPS) is 16.0. The number of methoxy groups -OCH3 is 1. The molecule has 0 spiro atoms. The molecule has 1 aliphatic rings. The fraction of sp³-hybridized carbons (Fsp3) is 0.364. The van der Waals surface area contributed by atoms with Gasteiger partial charge >= 0.3 is 6.18 Å². The van der Waals surface area contributed by atoms with Crippen LogP contribution in [0.15, 0.2) is 42.5 Å². The average molecular weight is 408 g/mol. The molecule has 1 aliphatic heterocycles. The molecule has 1 heterocycles. The van der Waals surface area contributed by atoms with Gasteiger partial charge in [-0.15, -0.1) is 0 Å². The van der Waals surface area contributed by atoms with Crippen molar-refractivity contribution >= 4 is 0 Å². The zero-order valence-corrected chi connectivity index (χ0v) is 15.8. The van der Waals surface area contributed by atoms with Crippen molar-refractivity contribution in [3.63, 3.8) is 0 Å². The standard InChI is InChI=1S/C22H20F4O3/c1-27-21(8-11-28-12-9-21)17-13-18(23)15-19(14-17)29-10-4-6-16-5-2-3-7-20(16)22(24,25)26/h2-3,5,7,13-15H,8-12H2,1H3. The summed E-state index contributed by atoms with van der Waals surface area (Å²) in [5.74, 6) is 4.78. The van der Waals surface area contributed by atoms with E-state index in [9.17, 15) is 17.6 Å². The summed E-state index contributed by atoms with van der Waals surface area (Å²) < 4.78 is 69.6. The molecule has 3 rings (SSSR count). The third-order valence-electron chi connectivity index (χ3n) is 4.86. The van der Waals surface area contributed by atoms with Gasteiger partial charge < -0.3 is 14.2 Å². The molecule has 0 unspecified atom stereocenters. The summed E-state index contributed by atoms with van der Waals surface area (Å²) in [6.45, 7) is 0.827. The van der Waals surface area contributed by atoms with Crippen LogP contribution in [0.4, 0.5) is 17.6 Å². The van der Waals surface area contributed by atoms with Gasteiger partial charge in [0.15, 0.2) is 0 Å². The minimum absolute atomic E-state index is 0.135. The Balaban J connectivity index is 1.75. The van der Waals surface area contributed by atoms with Crippen molar-refractivity contribution < 1.29 is 31.8 Å². The van der Waals surface area contributed by atoms with Gasteiger partial charge in [-0.25, -0.2) is 4.39 Å². The van der Waals surface area contributed by atoms with Crippen LogP contribution in [0.3, 0.4) is 0 Å². The average Bonchev–Trinajstić information content (AvgIpc) is 2.71. The van der Waals surface area contributed by atoms with Gasteiger partial charge in [0.25, 0.3) is 0 Å². The summed E-state index contributed by atoms with van der Waals surface area (Å²) >= 11 is 0. The number of benzene rings is 2. The van der Waals surface area contributed by atoms with Crippen LogP contribution in [0, 0.1) is 17.7 Å². The summed E-state index contributed by atoms with van der Waals surface area (Å²) in [6.07, 6.45) is -3.32. The summed E-state index contributed by atoms with van der Waals surface area (Å²) in [6, 6.07) is 9.33. The molecule has 0 atom stereocenters. The summed E-state index contributed by atoms with van der Waals surface area (Å²) in [4.78, 5) is 0. The van der Waals surface area contributed by atoms with E-state index in [1.165, 1.54) is 30.3 Å². The van der Waals surface area contributed by atoms with Crippen molar-refractivity contribution in [3.05, 3.63) is 65.0 Å². The molecule has 1 fully saturated rings. The Bertz CT molecular complexity index is 906. The number of alkyl halides is 3. The van der Waals surface area contributed by atoms with E-state index in [2.05, 4.69) is 11.8 Å². The molecular formula is C22H20F4O3. The van der Waals surface area contributed by atoms with E-state index in [1.807, 2.05) is 0 Å². The Kier molecular flexibility index (Phi) is 6.46. The summed E-state index contributed by atoms with van der Waals surface area (Å²) in [5.41, 5.74) is -0.963. The fourth-order valence-electron chi connectivity index (χ4n) is 3.31. The SMILES string of the molecule is COC1(c2cc(F)cc(OCC#Cc3ccccc3C(F)(F)F)c2)CCOCC1. The second-order valence-corrected chi connectivity index (χ2v) is 6.62. The lowest BCUT2D eigenvalue weighted by Crippen LogP contribution is -2.35. The van der Waals surface area contributed by atoms with Crippen LogP contribution in [0.25, 0.3) is 0 Å². The Morgan fingerprint density at radius 2 is 1.83 bits per heavy atom. The van der Waals surface area contributed by atoms with Gasteiger partial charge in [-0.1, -0.05) is 24.0 Å². The third-order valence-corrected chi connectivity index (χ3v) is 4.86. The minimum Gasteiger partial charge on any atom is -0.481 e. The van der Waals surface area contributed by atoms with Crippen LogP contribution >= 0.6 is 0 Å². The fourth-order valence-corrected chi connectivity index (χ4v) is 3.31. The van der Waals surface area contributed by atoms with Gasteiger partial charge in [0.05, 0.1) is 11.2 Å².